The SMILES string of the molecule is C[C@H](CO)NC(=O)c1cc(Br)ccc1O. The molecule has 0 radical (unpaired) electrons. The Balaban J connectivity index is 2.86. The molecule has 0 aliphatic heterocycles. The topological polar surface area (TPSA) is 69.6 Å². The Kier molecular flexibility index (Phi) is 4.11. The van der Waals surface area contributed by atoms with Gasteiger partial charge in [-0.2, -0.15) is 0 Å². The van der Waals surface area contributed by atoms with Gasteiger partial charge in [0.15, 0.2) is 0 Å². The van der Waals surface area contributed by atoms with Gasteiger partial charge in [0.05, 0.1) is 12.2 Å². The first-order valence-electron chi connectivity index (χ1n) is 4.45. The largest absolute Gasteiger partial charge is 0.507 e. The van der Waals surface area contributed by atoms with Gasteiger partial charge >= 0.3 is 0 Å². The zero-order chi connectivity index (χ0) is 11.4. The highest BCUT2D eigenvalue weighted by Gasteiger charge is 2.13. The Morgan fingerprint density at radius 3 is 2.87 bits per heavy atom. The summed E-state index contributed by atoms with van der Waals surface area (Å²) in [6, 6.07) is 4.26. The number of hydrogen-bond acceptors (Lipinski definition) is 3. The molecule has 0 unspecified atom stereocenters. The molecule has 5 heteroatoms. The second-order valence-corrected chi connectivity index (χ2v) is 4.13. The van der Waals surface area contributed by atoms with E-state index in [1.54, 1.807) is 13.0 Å². The monoisotopic (exact) mass is 273 g/mol. The van der Waals surface area contributed by atoms with Crippen LogP contribution < -0.4 is 5.32 Å². The standard InChI is InChI=1S/C10H12BrNO3/c1-6(5-13)12-10(15)8-4-7(11)2-3-9(8)14/h2-4,6,13-14H,5H2,1H3,(H,12,15)/t6-/m1/s1. The summed E-state index contributed by atoms with van der Waals surface area (Å²) < 4.78 is 0.710. The lowest BCUT2D eigenvalue weighted by Gasteiger charge is -2.11. The van der Waals surface area contributed by atoms with E-state index in [2.05, 4.69) is 21.2 Å². The summed E-state index contributed by atoms with van der Waals surface area (Å²) >= 11 is 3.21. The van der Waals surface area contributed by atoms with Crippen molar-refractivity contribution in [3.8, 4) is 5.75 Å². The van der Waals surface area contributed by atoms with Crippen molar-refractivity contribution in [3.63, 3.8) is 0 Å². The highest BCUT2D eigenvalue weighted by atomic mass is 79.9. The molecule has 1 rings (SSSR count). The van der Waals surface area contributed by atoms with E-state index in [9.17, 15) is 9.90 Å². The van der Waals surface area contributed by atoms with Gasteiger partial charge in [0, 0.05) is 10.5 Å². The van der Waals surface area contributed by atoms with E-state index < -0.39 is 5.91 Å². The molecule has 0 aromatic heterocycles. The summed E-state index contributed by atoms with van der Waals surface area (Å²) in [5.74, 6) is -0.490. The maximum atomic E-state index is 11.6. The number of halogens is 1. The van der Waals surface area contributed by atoms with Crippen molar-refractivity contribution in [2.75, 3.05) is 6.61 Å². The minimum atomic E-state index is -0.407. The molecular weight excluding hydrogens is 262 g/mol. The molecule has 0 aliphatic rings. The number of aliphatic hydroxyl groups is 1. The minimum absolute atomic E-state index is 0.0826. The Morgan fingerprint density at radius 2 is 2.27 bits per heavy atom. The molecule has 0 fully saturated rings. The Labute approximate surface area is 96.1 Å². The summed E-state index contributed by atoms with van der Waals surface area (Å²) in [6.07, 6.45) is 0. The van der Waals surface area contributed by atoms with Crippen molar-refractivity contribution in [1.82, 2.24) is 5.32 Å². The number of phenolic OH excluding ortho intramolecular Hbond substituents is 1. The van der Waals surface area contributed by atoms with Gasteiger partial charge in [0.1, 0.15) is 5.75 Å². The fourth-order valence-electron chi connectivity index (χ4n) is 1.04. The third-order valence-electron chi connectivity index (χ3n) is 1.85. The number of nitrogens with one attached hydrogen (secondary N) is 1. The molecular formula is C10H12BrNO3. The first-order valence-corrected chi connectivity index (χ1v) is 5.24. The number of rotatable bonds is 3. The lowest BCUT2D eigenvalue weighted by Crippen LogP contribution is -2.35. The maximum Gasteiger partial charge on any atom is 0.255 e. The van der Waals surface area contributed by atoms with Crippen LogP contribution >= 0.6 is 15.9 Å². The maximum absolute atomic E-state index is 11.6. The second kappa shape index (κ2) is 5.14. The molecule has 0 saturated heterocycles. The number of aliphatic hydroxyl groups excluding tert-OH is 1. The van der Waals surface area contributed by atoms with Crippen LogP contribution in [0.3, 0.4) is 0 Å². The number of phenols is 1. The van der Waals surface area contributed by atoms with Gasteiger partial charge in [-0.3, -0.25) is 4.79 Å². The van der Waals surface area contributed by atoms with Gasteiger partial charge in [0.25, 0.3) is 5.91 Å². The Morgan fingerprint density at radius 1 is 1.60 bits per heavy atom. The van der Waals surface area contributed by atoms with Crippen LogP contribution in [-0.4, -0.2) is 28.8 Å². The van der Waals surface area contributed by atoms with Gasteiger partial charge in [-0.15, -0.1) is 0 Å². The lowest BCUT2D eigenvalue weighted by atomic mass is 10.2. The molecule has 0 saturated carbocycles. The van der Waals surface area contributed by atoms with Crippen LogP contribution in [0.4, 0.5) is 0 Å². The molecule has 82 valence electrons. The van der Waals surface area contributed by atoms with E-state index >= 15 is 0 Å². The van der Waals surface area contributed by atoms with Crippen LogP contribution in [0, 0.1) is 0 Å². The van der Waals surface area contributed by atoms with Crippen molar-refractivity contribution in [2.24, 2.45) is 0 Å². The van der Waals surface area contributed by atoms with E-state index in [0.29, 0.717) is 4.47 Å². The quantitative estimate of drug-likeness (QED) is 0.777. The van der Waals surface area contributed by atoms with E-state index in [-0.39, 0.29) is 24.0 Å². The molecule has 1 amide bonds. The highest BCUT2D eigenvalue weighted by molar-refractivity contribution is 9.10. The van der Waals surface area contributed by atoms with Crippen molar-refractivity contribution >= 4 is 21.8 Å². The van der Waals surface area contributed by atoms with Crippen molar-refractivity contribution in [3.05, 3.63) is 28.2 Å². The molecule has 3 N–H and O–H groups in total. The zero-order valence-electron chi connectivity index (χ0n) is 8.20. The minimum Gasteiger partial charge on any atom is -0.507 e. The molecule has 1 aromatic rings. The second-order valence-electron chi connectivity index (χ2n) is 3.22. The van der Waals surface area contributed by atoms with Crippen LogP contribution in [0.5, 0.6) is 5.75 Å². The predicted octanol–water partition coefficient (Wildman–Crippen LogP) is 1.27. The first kappa shape index (κ1) is 12.0. The molecule has 1 aromatic carbocycles. The fourth-order valence-corrected chi connectivity index (χ4v) is 1.40. The number of aromatic hydroxyl groups is 1. The highest BCUT2D eigenvalue weighted by Crippen LogP contribution is 2.21. The van der Waals surface area contributed by atoms with Gasteiger partial charge in [0.2, 0.25) is 0 Å². The molecule has 0 bridgehead atoms. The molecule has 0 aliphatic carbocycles. The summed E-state index contributed by atoms with van der Waals surface area (Å²) in [6.45, 7) is 1.54. The van der Waals surface area contributed by atoms with Crippen molar-refractivity contribution in [1.29, 1.82) is 0 Å². The number of carbonyl (C=O) groups excluding carboxylic acids is 1. The summed E-state index contributed by atoms with van der Waals surface area (Å²) in [4.78, 5) is 11.6. The van der Waals surface area contributed by atoms with Crippen LogP contribution in [-0.2, 0) is 0 Å². The molecule has 4 nitrogen and oxygen atoms in total. The number of hydrogen-bond donors (Lipinski definition) is 3. The van der Waals surface area contributed by atoms with Gasteiger partial charge in [-0.25, -0.2) is 0 Å². The van der Waals surface area contributed by atoms with Gasteiger partial charge < -0.3 is 15.5 Å². The van der Waals surface area contributed by atoms with E-state index in [4.69, 9.17) is 5.11 Å². The average molecular weight is 274 g/mol. The summed E-state index contributed by atoms with van der Waals surface area (Å²) in [5.41, 5.74) is 0.185. The smallest absolute Gasteiger partial charge is 0.255 e. The third-order valence-corrected chi connectivity index (χ3v) is 2.35. The van der Waals surface area contributed by atoms with Gasteiger partial charge in [-0.05, 0) is 25.1 Å². The predicted molar refractivity (Wildman–Crippen MR) is 59.8 cm³/mol. The Hall–Kier alpha value is -1.07. The number of carbonyl (C=O) groups is 1. The van der Waals surface area contributed by atoms with E-state index in [0.717, 1.165) is 0 Å². The average Bonchev–Trinajstić information content (AvgIpc) is 2.21. The van der Waals surface area contributed by atoms with Crippen LogP contribution in [0.15, 0.2) is 22.7 Å². The van der Waals surface area contributed by atoms with Crippen LogP contribution in [0.25, 0.3) is 0 Å². The van der Waals surface area contributed by atoms with Crippen molar-refractivity contribution < 1.29 is 15.0 Å². The third kappa shape index (κ3) is 3.21. The van der Waals surface area contributed by atoms with Crippen LogP contribution in [0.2, 0.25) is 0 Å². The van der Waals surface area contributed by atoms with E-state index in [1.807, 2.05) is 0 Å². The summed E-state index contributed by atoms with van der Waals surface area (Å²) in [7, 11) is 0. The normalized spacial score (nSPS) is 12.2. The Bertz CT molecular complexity index is 368. The lowest BCUT2D eigenvalue weighted by molar-refractivity contribution is 0.0919. The van der Waals surface area contributed by atoms with Crippen molar-refractivity contribution in [2.45, 2.75) is 13.0 Å². The molecule has 15 heavy (non-hydrogen) atoms. The first-order chi connectivity index (χ1) is 7.04. The van der Waals surface area contributed by atoms with E-state index in [1.165, 1.54) is 12.1 Å². The molecule has 0 spiro atoms. The number of amides is 1. The molecule has 0 heterocycles. The number of benzene rings is 1. The van der Waals surface area contributed by atoms with Gasteiger partial charge in [-0.1, -0.05) is 15.9 Å². The summed E-state index contributed by atoms with van der Waals surface area (Å²) in [5, 5.41) is 20.8. The fraction of sp³-hybridized carbons (Fsp3) is 0.300. The van der Waals surface area contributed by atoms with Crippen LogP contribution in [0.1, 0.15) is 17.3 Å². The zero-order valence-corrected chi connectivity index (χ0v) is 9.78. The molecule has 1 atom stereocenters.